The van der Waals surface area contributed by atoms with Gasteiger partial charge in [-0.3, -0.25) is 45.0 Å². The highest BCUT2D eigenvalue weighted by Crippen LogP contribution is 2.49. The summed E-state index contributed by atoms with van der Waals surface area (Å²) in [6.07, 6.45) is 28.8. The van der Waals surface area contributed by atoms with Gasteiger partial charge in [0.1, 0.15) is 0 Å². The van der Waals surface area contributed by atoms with Crippen LogP contribution in [0, 0.1) is 0 Å². The van der Waals surface area contributed by atoms with Gasteiger partial charge in [-0.25, -0.2) is 15.2 Å². The van der Waals surface area contributed by atoms with Crippen molar-refractivity contribution in [1.82, 2.24) is 74.3 Å². The first-order valence-electron chi connectivity index (χ1n) is 52.5. The summed E-state index contributed by atoms with van der Waals surface area (Å²) in [6.45, 7) is 76.1. The fraction of sp³-hybridized carbons (Fsp3) is 0.913. The fourth-order valence-corrected chi connectivity index (χ4v) is 24.4. The van der Waals surface area contributed by atoms with E-state index in [1.54, 1.807) is 0 Å². The zero-order valence-corrected chi connectivity index (χ0v) is 90.9. The Bertz CT molecular complexity index is 3540. The molecule has 0 spiro atoms. The molecule has 9 rings (SSSR count). The highest BCUT2D eigenvalue weighted by Gasteiger charge is 2.53. The van der Waals surface area contributed by atoms with Crippen molar-refractivity contribution in [3.63, 3.8) is 0 Å². The standard InChI is InChI=1S/C104H198N24O3/c1-37-43-57-120(78-65-93(7,8)114(31)94(9,10)66-78)84-105-85(121(58-44-38-2)79-67-95(11,12)115(32)96(13,14)68-79)109-90(108-84)126(129)63-53-49-51-55-77(128(131)92-112-88(124(61-47-41-5)82-73-101(23,24)118(35)102(25,26)74-82)107-89(113-92)125(62-48-42-6)83-75-103(27,28)119(36)104(29,30)76-83)56-52-50-54-64-127(130)91-110-86(122(59-45-39-3)80-69-97(15,16)116(33)98(17,18)70-80)106-87(111-91)123(60-46-40-4)81-71-99(19,20)117(34)100(21,22)72-81/h77-83,129-131H,37-76H2,1-36H3. The first-order chi connectivity index (χ1) is 60.8. The number of aromatic nitrogens is 9. The molecule has 6 fully saturated rings. The van der Waals surface area contributed by atoms with Crippen molar-refractivity contribution < 1.29 is 15.6 Å². The molecule has 752 valence electrons. The molecule has 0 unspecified atom stereocenters. The van der Waals surface area contributed by atoms with Gasteiger partial charge in [0.25, 0.3) is 17.8 Å². The Balaban J connectivity index is 1.11. The molecule has 0 aliphatic carbocycles. The van der Waals surface area contributed by atoms with Crippen molar-refractivity contribution in [2.75, 3.05) is 139 Å². The summed E-state index contributed by atoms with van der Waals surface area (Å²) >= 11 is 0. The van der Waals surface area contributed by atoms with E-state index in [1.165, 1.54) is 15.2 Å². The van der Waals surface area contributed by atoms with Gasteiger partial charge in [-0.2, -0.15) is 44.9 Å². The van der Waals surface area contributed by atoms with Crippen LogP contribution in [0.4, 0.5) is 53.5 Å². The summed E-state index contributed by atoms with van der Waals surface area (Å²) in [5, 5.41) is 43.5. The molecule has 3 aromatic rings. The molecule has 0 bridgehead atoms. The number of nitrogens with zero attached hydrogens (tertiary/aromatic N) is 24. The van der Waals surface area contributed by atoms with Crippen molar-refractivity contribution in [1.29, 1.82) is 0 Å². The highest BCUT2D eigenvalue weighted by atomic mass is 16.5. The third kappa shape index (κ3) is 26.5. The van der Waals surface area contributed by atoms with E-state index in [4.69, 9.17) is 44.9 Å². The minimum atomic E-state index is -0.411. The van der Waals surface area contributed by atoms with Gasteiger partial charge < -0.3 is 29.4 Å². The van der Waals surface area contributed by atoms with E-state index in [-0.39, 0.29) is 121 Å². The number of anilines is 9. The van der Waals surface area contributed by atoms with Crippen LogP contribution >= 0.6 is 0 Å². The molecule has 6 saturated heterocycles. The number of likely N-dealkylation sites (tertiary alicyclic amines) is 6. The molecule has 0 radical (unpaired) electrons. The molecule has 0 saturated carbocycles. The van der Waals surface area contributed by atoms with Gasteiger partial charge in [0.05, 0.1) is 6.04 Å². The van der Waals surface area contributed by atoms with E-state index in [1.807, 2.05) is 0 Å². The van der Waals surface area contributed by atoms with Gasteiger partial charge >= 0.3 is 0 Å². The predicted octanol–water partition coefficient (Wildman–Crippen LogP) is 21.3. The lowest BCUT2D eigenvalue weighted by Crippen LogP contribution is -2.63. The quantitative estimate of drug-likeness (QED) is 0.0353. The van der Waals surface area contributed by atoms with Crippen molar-refractivity contribution in [2.24, 2.45) is 0 Å². The number of piperidine rings is 6. The first kappa shape index (κ1) is 110. The molecular formula is C104H198N24O3. The molecule has 0 amide bonds. The number of hydrogen-bond donors (Lipinski definition) is 3. The normalized spacial score (nSPS) is 22.6. The molecular weight excluding hydrogens is 1630 g/mol. The lowest BCUT2D eigenvalue weighted by atomic mass is 9.77. The van der Waals surface area contributed by atoms with Crippen LogP contribution in [0.25, 0.3) is 0 Å². The second-order valence-corrected chi connectivity index (χ2v) is 49.4. The Morgan fingerprint density at radius 3 is 0.534 bits per heavy atom. The fourth-order valence-electron chi connectivity index (χ4n) is 24.4. The van der Waals surface area contributed by atoms with Gasteiger partial charge in [-0.05, 0) is 350 Å². The molecule has 3 N–H and O–H groups in total. The minimum absolute atomic E-state index is 0.0812. The molecule has 27 nitrogen and oxygen atoms in total. The van der Waals surface area contributed by atoms with Crippen molar-refractivity contribution in [3.05, 3.63) is 0 Å². The van der Waals surface area contributed by atoms with E-state index in [0.717, 1.165) is 219 Å². The molecule has 6 aliphatic heterocycles. The number of hydroxylamine groups is 3. The molecule has 3 aromatic heterocycles. The summed E-state index contributed by atoms with van der Waals surface area (Å²) in [5.74, 6) is 4.69. The number of hydrogen-bond acceptors (Lipinski definition) is 27. The lowest BCUT2D eigenvalue weighted by Gasteiger charge is -2.56. The van der Waals surface area contributed by atoms with Gasteiger partial charge in [0.15, 0.2) is 0 Å². The van der Waals surface area contributed by atoms with Crippen LogP contribution in [-0.2, 0) is 0 Å². The second-order valence-electron chi connectivity index (χ2n) is 49.4. The minimum Gasteiger partial charge on any atom is -0.338 e. The Labute approximate surface area is 800 Å². The van der Waals surface area contributed by atoms with E-state index in [9.17, 15) is 15.6 Å². The second kappa shape index (κ2) is 43.9. The van der Waals surface area contributed by atoms with Crippen molar-refractivity contribution in [2.45, 2.75) is 522 Å². The zero-order chi connectivity index (χ0) is 97.5. The molecule has 131 heavy (non-hydrogen) atoms. The maximum atomic E-state index is 13.8. The van der Waals surface area contributed by atoms with Crippen molar-refractivity contribution in [3.8, 4) is 0 Å². The van der Waals surface area contributed by atoms with Crippen LogP contribution < -0.4 is 44.6 Å². The van der Waals surface area contributed by atoms with E-state index in [2.05, 4.69) is 309 Å². The maximum absolute atomic E-state index is 13.8. The zero-order valence-electron chi connectivity index (χ0n) is 90.9. The van der Waals surface area contributed by atoms with Crippen LogP contribution in [0.5, 0.6) is 0 Å². The monoisotopic (exact) mass is 1830 g/mol. The smallest absolute Gasteiger partial charge is 0.256 e. The molecule has 0 atom stereocenters. The van der Waals surface area contributed by atoms with Crippen LogP contribution in [0.2, 0.25) is 0 Å². The average Bonchev–Trinajstić information content (AvgIpc) is 0.762. The van der Waals surface area contributed by atoms with Crippen LogP contribution in [0.15, 0.2) is 0 Å². The molecule has 6 aliphatic rings. The summed E-state index contributed by atoms with van der Waals surface area (Å²) < 4.78 is 0. The SMILES string of the molecule is CCCCN(c1nc(N(O)CCCCCC(CCCCCN(O)c2nc(N(CCCC)C3CC(C)(C)N(C)C(C)(C)C3)nc(N(CCCC)C3CC(C)(C)N(C)C(C)(C)C3)n2)N(O)c2nc(N(CCCC)C3CC(C)(C)N(C)C(C)(C)C3)nc(N(CCCC)C3CC(C)(C)N(C)C(C)(C)C3)n2)nc(N(CCCC)C2CC(C)(C)N(C)C(C)(C)C2)n1)C1CC(C)(C)N(C)C(C)(C)C1. The molecule has 0 aromatic carbocycles. The predicted molar refractivity (Wildman–Crippen MR) is 550 cm³/mol. The molecule has 9 heterocycles. The first-order valence-corrected chi connectivity index (χ1v) is 52.5. The van der Waals surface area contributed by atoms with Gasteiger partial charge in [-0.15, -0.1) is 0 Å². The summed E-state index contributed by atoms with van der Waals surface area (Å²) in [4.78, 5) is 80.1. The summed E-state index contributed by atoms with van der Waals surface area (Å²) in [5.41, 5.74) is -1.10. The Kier molecular flexibility index (Phi) is 36.7. The number of rotatable bonds is 46. The lowest BCUT2D eigenvalue weighted by molar-refractivity contribution is -0.0136. The Morgan fingerprint density at radius 1 is 0.221 bits per heavy atom. The van der Waals surface area contributed by atoms with Crippen LogP contribution in [-0.4, -0.2) is 293 Å². The Morgan fingerprint density at radius 2 is 0.374 bits per heavy atom. The highest BCUT2D eigenvalue weighted by molar-refractivity contribution is 5.51. The third-order valence-electron chi connectivity index (χ3n) is 34.0. The van der Waals surface area contributed by atoms with E-state index >= 15 is 0 Å². The summed E-state index contributed by atoms with van der Waals surface area (Å²) in [6, 6.07) is 0.479. The van der Waals surface area contributed by atoms with E-state index in [0.29, 0.717) is 74.5 Å². The van der Waals surface area contributed by atoms with Gasteiger partial charge in [-0.1, -0.05) is 106 Å². The van der Waals surface area contributed by atoms with Crippen molar-refractivity contribution >= 4 is 53.5 Å². The Hall–Kier alpha value is -5.13. The third-order valence-corrected chi connectivity index (χ3v) is 34.0. The average molecular weight is 1830 g/mol. The van der Waals surface area contributed by atoms with E-state index < -0.39 is 6.04 Å². The van der Waals surface area contributed by atoms with Gasteiger partial charge in [0, 0.05) is 155 Å². The maximum Gasteiger partial charge on any atom is 0.256 e. The number of unbranched alkanes of at least 4 members (excludes halogenated alkanes) is 10. The van der Waals surface area contributed by atoms with Gasteiger partial charge in [0.2, 0.25) is 35.7 Å². The van der Waals surface area contributed by atoms with Crippen LogP contribution in [0.1, 0.15) is 413 Å². The largest absolute Gasteiger partial charge is 0.338 e. The summed E-state index contributed by atoms with van der Waals surface area (Å²) in [7, 11) is 13.7. The van der Waals surface area contributed by atoms with Crippen LogP contribution in [0.3, 0.4) is 0 Å². The molecule has 27 heteroatoms. The topological polar surface area (TPSA) is 225 Å².